The van der Waals surface area contributed by atoms with Crippen LogP contribution in [0.3, 0.4) is 0 Å². The minimum atomic E-state index is -0.821. The summed E-state index contributed by atoms with van der Waals surface area (Å²) in [5.41, 5.74) is 1.87. The van der Waals surface area contributed by atoms with Crippen LogP contribution in [0, 0.1) is 19.8 Å². The predicted octanol–water partition coefficient (Wildman–Crippen LogP) is 1.79. The SMILES string of the molecule is Cc1n[nH]c(C)c1C(=O)NC1CCCCCC1C(=O)O. The summed E-state index contributed by atoms with van der Waals surface area (Å²) in [5, 5.41) is 19.0. The zero-order chi connectivity index (χ0) is 14.7. The molecule has 1 aliphatic carbocycles. The maximum Gasteiger partial charge on any atom is 0.308 e. The highest BCUT2D eigenvalue weighted by atomic mass is 16.4. The third kappa shape index (κ3) is 3.00. The van der Waals surface area contributed by atoms with Gasteiger partial charge in [0, 0.05) is 11.7 Å². The van der Waals surface area contributed by atoms with Crippen LogP contribution in [0.2, 0.25) is 0 Å². The van der Waals surface area contributed by atoms with Gasteiger partial charge < -0.3 is 10.4 Å². The fourth-order valence-corrected chi connectivity index (χ4v) is 2.90. The van der Waals surface area contributed by atoms with Crippen LogP contribution in [0.5, 0.6) is 0 Å². The molecule has 6 nitrogen and oxygen atoms in total. The Bertz CT molecular complexity index is 490. The smallest absolute Gasteiger partial charge is 0.308 e. The summed E-state index contributed by atoms with van der Waals surface area (Å²) in [6.45, 7) is 3.55. The second-order valence-corrected chi connectivity index (χ2v) is 5.47. The van der Waals surface area contributed by atoms with Gasteiger partial charge in [0.2, 0.25) is 0 Å². The van der Waals surface area contributed by atoms with E-state index >= 15 is 0 Å². The minimum Gasteiger partial charge on any atom is -0.481 e. The van der Waals surface area contributed by atoms with Crippen LogP contribution < -0.4 is 5.32 Å². The van der Waals surface area contributed by atoms with Crippen molar-refractivity contribution in [3.8, 4) is 0 Å². The summed E-state index contributed by atoms with van der Waals surface area (Å²) in [4.78, 5) is 23.7. The van der Waals surface area contributed by atoms with Crippen molar-refractivity contribution in [3.63, 3.8) is 0 Å². The second-order valence-electron chi connectivity index (χ2n) is 5.47. The first-order valence-electron chi connectivity index (χ1n) is 7.06. The number of aromatic nitrogens is 2. The summed E-state index contributed by atoms with van der Waals surface area (Å²) in [7, 11) is 0. The van der Waals surface area contributed by atoms with E-state index in [4.69, 9.17) is 0 Å². The zero-order valence-corrected chi connectivity index (χ0v) is 11.9. The van der Waals surface area contributed by atoms with Gasteiger partial charge in [-0.1, -0.05) is 19.3 Å². The van der Waals surface area contributed by atoms with Gasteiger partial charge in [0.1, 0.15) is 0 Å². The molecule has 0 aliphatic heterocycles. The van der Waals surface area contributed by atoms with Crippen molar-refractivity contribution in [2.75, 3.05) is 0 Å². The Kier molecular flexibility index (Phi) is 4.42. The van der Waals surface area contributed by atoms with Crippen molar-refractivity contribution in [1.29, 1.82) is 0 Å². The highest BCUT2D eigenvalue weighted by Gasteiger charge is 2.31. The van der Waals surface area contributed by atoms with Gasteiger partial charge in [-0.05, 0) is 26.7 Å². The number of H-pyrrole nitrogens is 1. The Morgan fingerprint density at radius 2 is 1.95 bits per heavy atom. The molecule has 0 bridgehead atoms. The van der Waals surface area contributed by atoms with E-state index in [0.29, 0.717) is 23.4 Å². The largest absolute Gasteiger partial charge is 0.481 e. The second kappa shape index (κ2) is 6.07. The first-order valence-corrected chi connectivity index (χ1v) is 7.06. The number of nitrogens with one attached hydrogen (secondary N) is 2. The van der Waals surface area contributed by atoms with Gasteiger partial charge in [-0.15, -0.1) is 0 Å². The molecule has 1 fully saturated rings. The number of amides is 1. The van der Waals surface area contributed by atoms with Gasteiger partial charge in [0.05, 0.1) is 17.2 Å². The van der Waals surface area contributed by atoms with E-state index in [2.05, 4.69) is 15.5 Å². The number of rotatable bonds is 3. The molecule has 0 spiro atoms. The summed E-state index contributed by atoms with van der Waals surface area (Å²) < 4.78 is 0. The van der Waals surface area contributed by atoms with Crippen LogP contribution in [0.1, 0.15) is 53.8 Å². The predicted molar refractivity (Wildman–Crippen MR) is 73.5 cm³/mol. The highest BCUT2D eigenvalue weighted by Crippen LogP contribution is 2.24. The van der Waals surface area contributed by atoms with Gasteiger partial charge >= 0.3 is 5.97 Å². The molecule has 20 heavy (non-hydrogen) atoms. The van der Waals surface area contributed by atoms with Gasteiger partial charge in [0.25, 0.3) is 5.91 Å². The van der Waals surface area contributed by atoms with Gasteiger partial charge in [-0.3, -0.25) is 14.7 Å². The highest BCUT2D eigenvalue weighted by molar-refractivity contribution is 5.96. The van der Waals surface area contributed by atoms with Crippen LogP contribution in [-0.2, 0) is 4.79 Å². The number of hydrogen-bond acceptors (Lipinski definition) is 3. The molecular weight excluding hydrogens is 258 g/mol. The van der Waals surface area contributed by atoms with Crippen molar-refractivity contribution >= 4 is 11.9 Å². The standard InChI is InChI=1S/C14H21N3O3/c1-8-12(9(2)17-16-8)13(18)15-11-7-5-3-4-6-10(11)14(19)20/h10-11H,3-7H2,1-2H3,(H,15,18)(H,16,17)(H,19,20). The Balaban J connectivity index is 2.14. The van der Waals surface area contributed by atoms with Gasteiger partial charge in [0.15, 0.2) is 0 Å². The van der Waals surface area contributed by atoms with Crippen molar-refractivity contribution < 1.29 is 14.7 Å². The third-order valence-electron chi connectivity index (χ3n) is 4.00. The summed E-state index contributed by atoms with van der Waals surface area (Å²) in [6.07, 6.45) is 4.24. The normalized spacial score (nSPS) is 23.1. The number of nitrogens with zero attached hydrogens (tertiary/aromatic N) is 1. The molecule has 6 heteroatoms. The Labute approximate surface area is 118 Å². The topological polar surface area (TPSA) is 95.1 Å². The van der Waals surface area contributed by atoms with E-state index in [-0.39, 0.29) is 11.9 Å². The molecule has 1 aromatic heterocycles. The Morgan fingerprint density at radius 1 is 1.25 bits per heavy atom. The van der Waals surface area contributed by atoms with E-state index in [1.807, 2.05) is 0 Å². The average Bonchev–Trinajstić information content (AvgIpc) is 2.61. The first-order chi connectivity index (χ1) is 9.50. The molecule has 0 aromatic carbocycles. The van der Waals surface area contributed by atoms with Crippen molar-refractivity contribution in [3.05, 3.63) is 17.0 Å². The maximum absolute atomic E-state index is 12.3. The molecular formula is C14H21N3O3. The molecule has 1 aromatic rings. The lowest BCUT2D eigenvalue weighted by Gasteiger charge is -2.22. The number of aromatic amines is 1. The quantitative estimate of drug-likeness (QED) is 0.735. The molecule has 1 saturated carbocycles. The molecule has 110 valence electrons. The number of carbonyl (C=O) groups excluding carboxylic acids is 1. The molecule has 0 saturated heterocycles. The van der Waals surface area contributed by atoms with Crippen LogP contribution in [-0.4, -0.2) is 33.2 Å². The molecule has 1 aliphatic rings. The van der Waals surface area contributed by atoms with E-state index in [1.54, 1.807) is 13.8 Å². The molecule has 1 amide bonds. The van der Waals surface area contributed by atoms with Crippen molar-refractivity contribution in [1.82, 2.24) is 15.5 Å². The molecule has 1 heterocycles. The number of hydrogen-bond donors (Lipinski definition) is 3. The monoisotopic (exact) mass is 279 g/mol. The lowest BCUT2D eigenvalue weighted by Crippen LogP contribution is -2.43. The molecule has 0 radical (unpaired) electrons. The lowest BCUT2D eigenvalue weighted by molar-refractivity contribution is -0.142. The Hall–Kier alpha value is -1.85. The van der Waals surface area contributed by atoms with Crippen molar-refractivity contribution in [2.45, 2.75) is 52.0 Å². The zero-order valence-electron chi connectivity index (χ0n) is 11.9. The number of carbonyl (C=O) groups is 2. The Morgan fingerprint density at radius 3 is 2.55 bits per heavy atom. The third-order valence-corrected chi connectivity index (χ3v) is 4.00. The summed E-state index contributed by atoms with van der Waals surface area (Å²) in [5.74, 6) is -1.54. The molecule has 2 unspecified atom stereocenters. The first kappa shape index (κ1) is 14.6. The van der Waals surface area contributed by atoms with Crippen LogP contribution in [0.15, 0.2) is 0 Å². The lowest BCUT2D eigenvalue weighted by atomic mass is 9.94. The summed E-state index contributed by atoms with van der Waals surface area (Å²) in [6, 6.07) is -0.295. The van der Waals surface area contributed by atoms with E-state index in [0.717, 1.165) is 25.7 Å². The average molecular weight is 279 g/mol. The molecule has 3 N–H and O–H groups in total. The number of carboxylic acids is 1. The van der Waals surface area contributed by atoms with Crippen molar-refractivity contribution in [2.24, 2.45) is 5.92 Å². The number of aliphatic carboxylic acids is 1. The molecule has 2 rings (SSSR count). The van der Waals surface area contributed by atoms with E-state index in [9.17, 15) is 14.7 Å². The minimum absolute atomic E-state index is 0.230. The fraction of sp³-hybridized carbons (Fsp3) is 0.643. The van der Waals surface area contributed by atoms with Crippen LogP contribution >= 0.6 is 0 Å². The fourth-order valence-electron chi connectivity index (χ4n) is 2.90. The van der Waals surface area contributed by atoms with Crippen LogP contribution in [0.25, 0.3) is 0 Å². The van der Waals surface area contributed by atoms with E-state index in [1.165, 1.54) is 0 Å². The summed E-state index contributed by atoms with van der Waals surface area (Å²) >= 11 is 0. The molecule has 2 atom stereocenters. The number of aryl methyl sites for hydroxylation is 2. The van der Waals surface area contributed by atoms with Gasteiger partial charge in [-0.2, -0.15) is 5.10 Å². The van der Waals surface area contributed by atoms with Crippen LogP contribution in [0.4, 0.5) is 0 Å². The van der Waals surface area contributed by atoms with Gasteiger partial charge in [-0.25, -0.2) is 0 Å². The van der Waals surface area contributed by atoms with E-state index < -0.39 is 11.9 Å². The number of carboxylic acid groups (broad SMARTS) is 1. The maximum atomic E-state index is 12.3.